The van der Waals surface area contributed by atoms with Gasteiger partial charge in [0.2, 0.25) is 5.91 Å². The summed E-state index contributed by atoms with van der Waals surface area (Å²) in [5, 5.41) is 3.20. The van der Waals surface area contributed by atoms with Crippen LogP contribution < -0.4 is 5.32 Å². The van der Waals surface area contributed by atoms with E-state index in [-0.39, 0.29) is 5.91 Å². The van der Waals surface area contributed by atoms with Crippen molar-refractivity contribution in [2.75, 3.05) is 39.8 Å². The molecule has 1 amide bonds. The van der Waals surface area contributed by atoms with Gasteiger partial charge in [-0.3, -0.25) is 14.7 Å². The number of piperidine rings is 1. The summed E-state index contributed by atoms with van der Waals surface area (Å²) in [6.07, 6.45) is 8.49. The molecule has 0 aromatic carbocycles. The number of carbonyl (C=O) groups excluding carboxylic acids is 1. The Morgan fingerprint density at radius 3 is 2.92 bits per heavy atom. The molecule has 0 bridgehead atoms. The van der Waals surface area contributed by atoms with E-state index in [2.05, 4.69) is 15.2 Å². The van der Waals surface area contributed by atoms with E-state index in [9.17, 15) is 4.79 Å². The molecule has 0 unspecified atom stereocenters. The van der Waals surface area contributed by atoms with E-state index in [1.165, 1.54) is 12.8 Å². The molecule has 25 heavy (non-hydrogen) atoms. The lowest BCUT2D eigenvalue weighted by molar-refractivity contribution is -0.123. The number of nitrogens with one attached hydrogen (secondary N) is 1. The van der Waals surface area contributed by atoms with Gasteiger partial charge in [-0.2, -0.15) is 0 Å². The van der Waals surface area contributed by atoms with Gasteiger partial charge in [0.1, 0.15) is 0 Å². The van der Waals surface area contributed by atoms with Gasteiger partial charge in [-0.1, -0.05) is 6.07 Å². The molecule has 2 aliphatic heterocycles. The molecule has 1 N–H and O–H groups in total. The fourth-order valence-corrected chi connectivity index (χ4v) is 3.71. The molecule has 0 aliphatic carbocycles. The Bertz CT molecular complexity index is 525. The average Bonchev–Trinajstić information content (AvgIpc) is 3.10. The Morgan fingerprint density at radius 2 is 2.24 bits per heavy atom. The molecule has 1 aromatic heterocycles. The van der Waals surface area contributed by atoms with Gasteiger partial charge in [0.15, 0.2) is 0 Å². The maximum absolute atomic E-state index is 12.3. The van der Waals surface area contributed by atoms with Crippen molar-refractivity contribution in [3.63, 3.8) is 0 Å². The Labute approximate surface area is 150 Å². The van der Waals surface area contributed by atoms with Crippen molar-refractivity contribution in [2.24, 2.45) is 0 Å². The molecule has 1 aromatic rings. The van der Waals surface area contributed by atoms with Crippen molar-refractivity contribution >= 4 is 5.91 Å². The molecule has 2 aliphatic rings. The second kappa shape index (κ2) is 9.27. The average molecular weight is 346 g/mol. The van der Waals surface area contributed by atoms with Crippen LogP contribution in [0, 0.1) is 0 Å². The highest BCUT2D eigenvalue weighted by molar-refractivity contribution is 5.78. The summed E-state index contributed by atoms with van der Waals surface area (Å²) in [6, 6.07) is 4.26. The molecular formula is C19H30N4O2. The number of likely N-dealkylation sites (tertiary alicyclic amines) is 1. The van der Waals surface area contributed by atoms with Crippen molar-refractivity contribution in [1.29, 1.82) is 0 Å². The smallest absolute Gasteiger partial charge is 0.234 e. The third-order valence-electron chi connectivity index (χ3n) is 5.03. The molecule has 6 heteroatoms. The molecule has 0 spiro atoms. The first kappa shape index (κ1) is 18.3. The Morgan fingerprint density at radius 1 is 1.40 bits per heavy atom. The Balaban J connectivity index is 1.33. The Hall–Kier alpha value is -1.50. The predicted octanol–water partition coefficient (Wildman–Crippen LogP) is 1.27. The molecular weight excluding hydrogens is 316 g/mol. The number of amides is 1. The second-order valence-electron chi connectivity index (χ2n) is 7.31. The van der Waals surface area contributed by atoms with Gasteiger partial charge < -0.3 is 15.0 Å². The van der Waals surface area contributed by atoms with Crippen LogP contribution in [-0.4, -0.2) is 72.7 Å². The largest absolute Gasteiger partial charge is 0.377 e. The quantitative estimate of drug-likeness (QED) is 0.806. The highest BCUT2D eigenvalue weighted by atomic mass is 16.5. The minimum Gasteiger partial charge on any atom is -0.377 e. The number of nitrogens with zero attached hydrogens (tertiary/aromatic N) is 3. The zero-order valence-electron chi connectivity index (χ0n) is 15.2. The van der Waals surface area contributed by atoms with Crippen molar-refractivity contribution in [1.82, 2.24) is 20.1 Å². The number of aromatic nitrogens is 1. The number of likely N-dealkylation sites (N-methyl/N-ethyl adjacent to an activating group) is 1. The standard InChI is InChI=1S/C19H30N4O2/c1-22(13-16-4-2-8-20-12-16)15-19(24)21-17-6-9-23(10-7-17)14-18-5-3-11-25-18/h2,4,8,12,17-18H,3,5-7,9-11,13-15H2,1H3,(H,21,24)/t18-/m0/s1. The summed E-state index contributed by atoms with van der Waals surface area (Å²) in [7, 11) is 1.97. The van der Waals surface area contributed by atoms with Gasteiger partial charge in [-0.25, -0.2) is 0 Å². The zero-order chi connectivity index (χ0) is 17.5. The van der Waals surface area contributed by atoms with Gasteiger partial charge in [0, 0.05) is 51.2 Å². The van der Waals surface area contributed by atoms with E-state index < -0.39 is 0 Å². The molecule has 3 heterocycles. The summed E-state index contributed by atoms with van der Waals surface area (Å²) >= 11 is 0. The molecule has 2 saturated heterocycles. The topological polar surface area (TPSA) is 57.7 Å². The molecule has 138 valence electrons. The van der Waals surface area contributed by atoms with Crippen LogP contribution in [0.2, 0.25) is 0 Å². The number of pyridine rings is 1. The number of ether oxygens (including phenoxy) is 1. The van der Waals surface area contributed by atoms with E-state index in [1.807, 2.05) is 30.3 Å². The van der Waals surface area contributed by atoms with E-state index in [1.54, 1.807) is 6.20 Å². The number of carbonyl (C=O) groups is 1. The predicted molar refractivity (Wildman–Crippen MR) is 97.1 cm³/mol. The first-order valence-electron chi connectivity index (χ1n) is 9.40. The first-order chi connectivity index (χ1) is 12.2. The van der Waals surface area contributed by atoms with E-state index in [4.69, 9.17) is 4.74 Å². The lowest BCUT2D eigenvalue weighted by Gasteiger charge is -2.33. The van der Waals surface area contributed by atoms with Crippen molar-refractivity contribution < 1.29 is 9.53 Å². The van der Waals surface area contributed by atoms with Crippen LogP contribution in [0.1, 0.15) is 31.2 Å². The van der Waals surface area contributed by atoms with Crippen LogP contribution in [0.5, 0.6) is 0 Å². The van der Waals surface area contributed by atoms with Crippen molar-refractivity contribution in [2.45, 2.75) is 44.4 Å². The minimum atomic E-state index is 0.115. The van der Waals surface area contributed by atoms with Crippen LogP contribution >= 0.6 is 0 Å². The molecule has 3 rings (SSSR count). The molecule has 1 atom stereocenters. The monoisotopic (exact) mass is 346 g/mol. The highest BCUT2D eigenvalue weighted by Crippen LogP contribution is 2.17. The highest BCUT2D eigenvalue weighted by Gasteiger charge is 2.24. The van der Waals surface area contributed by atoms with Gasteiger partial charge in [-0.05, 0) is 44.4 Å². The van der Waals surface area contributed by atoms with Gasteiger partial charge in [-0.15, -0.1) is 0 Å². The Kier molecular flexibility index (Phi) is 6.78. The SMILES string of the molecule is CN(CC(=O)NC1CCN(C[C@@H]2CCCO2)CC1)Cc1cccnc1. The van der Waals surface area contributed by atoms with E-state index >= 15 is 0 Å². The van der Waals surface area contributed by atoms with Gasteiger partial charge >= 0.3 is 0 Å². The number of hydrogen-bond donors (Lipinski definition) is 1. The third-order valence-corrected chi connectivity index (χ3v) is 5.03. The van der Waals surface area contributed by atoms with E-state index in [0.717, 1.165) is 51.2 Å². The van der Waals surface area contributed by atoms with Crippen LogP contribution in [-0.2, 0) is 16.1 Å². The van der Waals surface area contributed by atoms with E-state index in [0.29, 0.717) is 18.7 Å². The third kappa shape index (κ3) is 6.06. The summed E-state index contributed by atoms with van der Waals surface area (Å²) in [4.78, 5) is 20.9. The van der Waals surface area contributed by atoms with Crippen LogP contribution in [0.3, 0.4) is 0 Å². The summed E-state index contributed by atoms with van der Waals surface area (Å²) in [5.41, 5.74) is 1.13. The maximum atomic E-state index is 12.3. The van der Waals surface area contributed by atoms with Crippen LogP contribution in [0.25, 0.3) is 0 Å². The van der Waals surface area contributed by atoms with Crippen LogP contribution in [0.4, 0.5) is 0 Å². The number of hydrogen-bond acceptors (Lipinski definition) is 5. The fourth-order valence-electron chi connectivity index (χ4n) is 3.71. The molecule has 0 radical (unpaired) electrons. The lowest BCUT2D eigenvalue weighted by atomic mass is 10.0. The van der Waals surface area contributed by atoms with Crippen molar-refractivity contribution in [3.05, 3.63) is 30.1 Å². The second-order valence-corrected chi connectivity index (χ2v) is 7.31. The van der Waals surface area contributed by atoms with Crippen molar-refractivity contribution in [3.8, 4) is 0 Å². The summed E-state index contributed by atoms with van der Waals surface area (Å²) in [6.45, 7) is 5.23. The minimum absolute atomic E-state index is 0.115. The number of rotatable bonds is 7. The fraction of sp³-hybridized carbons (Fsp3) is 0.684. The normalized spacial score (nSPS) is 22.4. The lowest BCUT2D eigenvalue weighted by Crippen LogP contribution is -2.48. The maximum Gasteiger partial charge on any atom is 0.234 e. The molecule has 0 saturated carbocycles. The van der Waals surface area contributed by atoms with Crippen LogP contribution in [0.15, 0.2) is 24.5 Å². The van der Waals surface area contributed by atoms with Gasteiger partial charge in [0.05, 0.1) is 12.6 Å². The summed E-state index contributed by atoms with van der Waals surface area (Å²) < 4.78 is 5.72. The first-order valence-corrected chi connectivity index (χ1v) is 9.40. The molecule has 6 nitrogen and oxygen atoms in total. The summed E-state index contributed by atoms with van der Waals surface area (Å²) in [5.74, 6) is 0.115. The zero-order valence-corrected chi connectivity index (χ0v) is 15.2. The molecule has 2 fully saturated rings. The van der Waals surface area contributed by atoms with Gasteiger partial charge in [0.25, 0.3) is 0 Å².